The van der Waals surface area contributed by atoms with E-state index in [0.717, 1.165) is 6.42 Å². The molecule has 6 nitrogen and oxygen atoms in total. The third-order valence-electron chi connectivity index (χ3n) is 4.94. The van der Waals surface area contributed by atoms with E-state index in [9.17, 15) is 9.90 Å². The number of aliphatic hydroxyl groups excluding tert-OH is 1. The first-order valence-corrected chi connectivity index (χ1v) is 8.71. The van der Waals surface area contributed by atoms with Crippen molar-refractivity contribution in [2.24, 2.45) is 11.1 Å². The van der Waals surface area contributed by atoms with Gasteiger partial charge in [0.15, 0.2) is 5.78 Å². The molecule has 3 rings (SSSR count). The van der Waals surface area contributed by atoms with E-state index in [1.54, 1.807) is 6.08 Å². The molecule has 2 aliphatic heterocycles. The summed E-state index contributed by atoms with van der Waals surface area (Å²) in [5.74, 6) is -0.0136. The number of oxime groups is 1. The number of hydrogen-bond acceptors (Lipinski definition) is 6. The van der Waals surface area contributed by atoms with Gasteiger partial charge >= 0.3 is 0 Å². The lowest BCUT2D eigenvalue weighted by Crippen LogP contribution is -2.38. The fourth-order valence-electron chi connectivity index (χ4n) is 3.66. The molecular formula is C17H22ClNO5. The predicted octanol–water partition coefficient (Wildman–Crippen LogP) is 2.87. The van der Waals surface area contributed by atoms with Crippen LogP contribution in [0.15, 0.2) is 28.1 Å². The molecular weight excluding hydrogens is 334 g/mol. The van der Waals surface area contributed by atoms with Gasteiger partial charge < -0.3 is 19.4 Å². The Morgan fingerprint density at radius 2 is 2.38 bits per heavy atom. The van der Waals surface area contributed by atoms with Crippen molar-refractivity contribution >= 4 is 23.1 Å². The van der Waals surface area contributed by atoms with Crippen molar-refractivity contribution in [3.8, 4) is 0 Å². The molecule has 0 aromatic carbocycles. The minimum atomic E-state index is -0.293. The number of aliphatic hydroxyl groups is 1. The fraction of sp³-hybridized carbons (Fsp3) is 0.647. The van der Waals surface area contributed by atoms with Crippen molar-refractivity contribution in [2.75, 3.05) is 19.8 Å². The Morgan fingerprint density at radius 3 is 3.04 bits per heavy atom. The average Bonchev–Trinajstić information content (AvgIpc) is 3.32. The molecule has 3 atom stereocenters. The van der Waals surface area contributed by atoms with Crippen LogP contribution in [0.25, 0.3) is 0 Å². The highest BCUT2D eigenvalue weighted by Gasteiger charge is 2.63. The van der Waals surface area contributed by atoms with Crippen LogP contribution >= 0.6 is 11.6 Å². The lowest BCUT2D eigenvalue weighted by molar-refractivity contribution is -0.117. The number of Topliss-reactive ketones (excluding diaryl/α,β-unsaturated/α-hetero) is 1. The van der Waals surface area contributed by atoms with Crippen molar-refractivity contribution < 1.29 is 24.2 Å². The number of epoxide rings is 1. The monoisotopic (exact) mass is 355 g/mol. The van der Waals surface area contributed by atoms with E-state index in [4.69, 9.17) is 25.9 Å². The molecule has 0 spiro atoms. The SMILES string of the molecule is CC/C(=N\OC/C=C/Cl)C1=C(O)CC(C23CCOCC2O3)CC1=O. The van der Waals surface area contributed by atoms with Gasteiger partial charge in [0, 0.05) is 37.3 Å². The van der Waals surface area contributed by atoms with Gasteiger partial charge in [-0.05, 0) is 12.5 Å². The van der Waals surface area contributed by atoms with Crippen LogP contribution in [0.2, 0.25) is 0 Å². The number of nitrogens with zero attached hydrogens (tertiary/aromatic N) is 1. The maximum Gasteiger partial charge on any atom is 0.168 e. The van der Waals surface area contributed by atoms with Crippen molar-refractivity contribution in [2.45, 2.75) is 44.3 Å². The van der Waals surface area contributed by atoms with Gasteiger partial charge in [-0.1, -0.05) is 23.7 Å². The summed E-state index contributed by atoms with van der Waals surface area (Å²) < 4.78 is 11.2. The third kappa shape index (κ3) is 3.23. The van der Waals surface area contributed by atoms with E-state index in [1.165, 1.54) is 5.54 Å². The van der Waals surface area contributed by atoms with Crippen LogP contribution in [-0.4, -0.2) is 48.1 Å². The van der Waals surface area contributed by atoms with E-state index in [0.29, 0.717) is 43.8 Å². The van der Waals surface area contributed by atoms with Crippen LogP contribution in [0, 0.1) is 5.92 Å². The van der Waals surface area contributed by atoms with Crippen LogP contribution in [0.3, 0.4) is 0 Å². The molecule has 7 heteroatoms. The first-order valence-electron chi connectivity index (χ1n) is 8.27. The summed E-state index contributed by atoms with van der Waals surface area (Å²) in [6.07, 6.45) is 3.72. The van der Waals surface area contributed by atoms with E-state index < -0.39 is 0 Å². The number of rotatable bonds is 6. The Bertz CT molecular complexity index is 600. The molecule has 2 saturated heterocycles. The third-order valence-corrected chi connectivity index (χ3v) is 5.12. The van der Waals surface area contributed by atoms with E-state index in [1.807, 2.05) is 6.92 Å². The highest BCUT2D eigenvalue weighted by atomic mass is 35.5. The van der Waals surface area contributed by atoms with Gasteiger partial charge in [-0.25, -0.2) is 0 Å². The highest BCUT2D eigenvalue weighted by molar-refractivity contribution is 6.25. The van der Waals surface area contributed by atoms with Gasteiger partial charge in [0.25, 0.3) is 0 Å². The lowest BCUT2D eigenvalue weighted by atomic mass is 9.74. The molecule has 132 valence electrons. The van der Waals surface area contributed by atoms with Crippen molar-refractivity contribution in [1.29, 1.82) is 0 Å². The molecule has 3 unspecified atom stereocenters. The van der Waals surface area contributed by atoms with Crippen LogP contribution in [0.1, 0.15) is 32.6 Å². The normalized spacial score (nSPS) is 33.8. The quantitative estimate of drug-likeness (QED) is 0.343. The first-order chi connectivity index (χ1) is 11.6. The maximum absolute atomic E-state index is 12.6. The standard InChI is InChI=1S/C17H22ClNO5/c1-2-12(19-23-6-3-5-18)16-13(20)8-11(9-14(16)21)17-4-7-22-10-15(17)24-17/h3,5,11,15,20H,2,4,6-10H2,1H3/b5-3+,19-12+. The molecule has 0 amide bonds. The largest absolute Gasteiger partial charge is 0.511 e. The maximum atomic E-state index is 12.6. The molecule has 1 N–H and O–H groups in total. The molecule has 0 saturated carbocycles. The summed E-state index contributed by atoms with van der Waals surface area (Å²) in [6, 6.07) is 0. The molecule has 3 aliphatic rings. The van der Waals surface area contributed by atoms with Gasteiger partial charge in [-0.3, -0.25) is 4.79 Å². The Balaban J connectivity index is 1.74. The summed E-state index contributed by atoms with van der Waals surface area (Å²) in [7, 11) is 0. The van der Waals surface area contributed by atoms with Gasteiger partial charge in [0.05, 0.1) is 17.9 Å². The minimum Gasteiger partial charge on any atom is -0.511 e. The Morgan fingerprint density at radius 1 is 1.54 bits per heavy atom. The number of ketones is 1. The van der Waals surface area contributed by atoms with Crippen LogP contribution in [0.5, 0.6) is 0 Å². The fourth-order valence-corrected chi connectivity index (χ4v) is 3.73. The van der Waals surface area contributed by atoms with Gasteiger partial charge in [0.1, 0.15) is 24.1 Å². The predicted molar refractivity (Wildman–Crippen MR) is 89.1 cm³/mol. The zero-order valence-electron chi connectivity index (χ0n) is 13.7. The summed E-state index contributed by atoms with van der Waals surface area (Å²) in [4.78, 5) is 17.8. The zero-order valence-corrected chi connectivity index (χ0v) is 14.4. The van der Waals surface area contributed by atoms with Crippen molar-refractivity contribution in [1.82, 2.24) is 0 Å². The van der Waals surface area contributed by atoms with E-state index >= 15 is 0 Å². The van der Waals surface area contributed by atoms with Crippen LogP contribution in [-0.2, 0) is 19.1 Å². The Labute approximate surface area is 146 Å². The van der Waals surface area contributed by atoms with Crippen molar-refractivity contribution in [3.63, 3.8) is 0 Å². The molecule has 0 bridgehead atoms. The molecule has 2 fully saturated rings. The summed E-state index contributed by atoms with van der Waals surface area (Å²) in [5.41, 5.74) is 1.81. The van der Waals surface area contributed by atoms with Gasteiger partial charge in [0.2, 0.25) is 0 Å². The number of carbonyl (C=O) groups excluding carboxylic acids is 1. The van der Waals surface area contributed by atoms with Crippen molar-refractivity contribution in [3.05, 3.63) is 22.9 Å². The second-order valence-corrected chi connectivity index (χ2v) is 6.54. The lowest BCUT2D eigenvalue weighted by Gasteiger charge is -2.30. The molecule has 0 aromatic heterocycles. The molecule has 2 heterocycles. The number of ether oxygens (including phenoxy) is 2. The van der Waals surface area contributed by atoms with E-state index in [-0.39, 0.29) is 35.8 Å². The minimum absolute atomic E-state index is 0.000793. The summed E-state index contributed by atoms with van der Waals surface area (Å²) >= 11 is 5.42. The number of hydrogen-bond donors (Lipinski definition) is 1. The number of fused-ring (bicyclic) bond motifs is 1. The Kier molecular flexibility index (Phi) is 5.27. The smallest absolute Gasteiger partial charge is 0.168 e. The highest BCUT2D eigenvalue weighted by Crippen LogP contribution is 2.52. The molecule has 0 aromatic rings. The average molecular weight is 356 g/mol. The zero-order chi connectivity index (χ0) is 17.2. The summed E-state index contributed by atoms with van der Waals surface area (Å²) in [5, 5.41) is 14.5. The van der Waals surface area contributed by atoms with Crippen LogP contribution < -0.4 is 0 Å². The van der Waals surface area contributed by atoms with Gasteiger partial charge in [-0.15, -0.1) is 0 Å². The number of carbonyl (C=O) groups is 1. The van der Waals surface area contributed by atoms with Gasteiger partial charge in [-0.2, -0.15) is 0 Å². The molecule has 0 radical (unpaired) electrons. The second kappa shape index (κ2) is 7.25. The molecule has 1 aliphatic carbocycles. The Hall–Kier alpha value is -1.37. The first kappa shape index (κ1) is 17.5. The summed E-state index contributed by atoms with van der Waals surface area (Å²) in [6.45, 7) is 3.31. The van der Waals surface area contributed by atoms with E-state index in [2.05, 4.69) is 5.16 Å². The van der Waals surface area contributed by atoms with Crippen LogP contribution in [0.4, 0.5) is 0 Å². The number of allylic oxidation sites excluding steroid dienone is 2. The topological polar surface area (TPSA) is 80.7 Å². The molecule has 24 heavy (non-hydrogen) atoms. The number of halogens is 1. The second-order valence-electron chi connectivity index (χ2n) is 6.29.